The van der Waals surface area contributed by atoms with Gasteiger partial charge in [0, 0.05) is 25.4 Å². The summed E-state index contributed by atoms with van der Waals surface area (Å²) in [5, 5.41) is 12.6. The predicted molar refractivity (Wildman–Crippen MR) is 65.5 cm³/mol. The normalized spacial score (nSPS) is 11.7. The Hall–Kier alpha value is -1.41. The third kappa shape index (κ3) is 4.46. The number of aryl methyl sites for hydroxylation is 2. The van der Waals surface area contributed by atoms with Gasteiger partial charge in [-0.05, 0) is 6.42 Å². The van der Waals surface area contributed by atoms with E-state index >= 15 is 0 Å². The molecule has 102 valence electrons. The molecular weight excluding hydrogens is 258 g/mol. The van der Waals surface area contributed by atoms with Gasteiger partial charge < -0.3 is 5.11 Å². The molecule has 2 N–H and O–H groups in total. The van der Waals surface area contributed by atoms with Crippen LogP contribution in [0.25, 0.3) is 0 Å². The van der Waals surface area contributed by atoms with Crippen LogP contribution in [0.1, 0.15) is 24.6 Å². The Morgan fingerprint density at radius 2 is 2.22 bits per heavy atom. The van der Waals surface area contributed by atoms with Gasteiger partial charge in [0.15, 0.2) is 0 Å². The van der Waals surface area contributed by atoms with Crippen molar-refractivity contribution in [3.63, 3.8) is 0 Å². The highest BCUT2D eigenvalue weighted by Crippen LogP contribution is 2.07. The smallest absolute Gasteiger partial charge is 0.304 e. The first-order valence-corrected chi connectivity index (χ1v) is 7.20. The van der Waals surface area contributed by atoms with Gasteiger partial charge in [-0.3, -0.25) is 9.48 Å². The number of sulfonamides is 1. The standard InChI is InChI=1S/C10H17N3O4S/c1-3-9-8(7-13(2)12-9)6-11-18(16,17)5-4-10(14)15/h7,11H,3-6H2,1-2H3,(H,14,15). The van der Waals surface area contributed by atoms with Gasteiger partial charge in [0.05, 0.1) is 17.9 Å². The van der Waals surface area contributed by atoms with E-state index in [2.05, 4.69) is 9.82 Å². The molecule has 1 heterocycles. The zero-order chi connectivity index (χ0) is 13.8. The summed E-state index contributed by atoms with van der Waals surface area (Å²) >= 11 is 0. The van der Waals surface area contributed by atoms with Crippen LogP contribution >= 0.6 is 0 Å². The number of carboxylic acids is 1. The monoisotopic (exact) mass is 275 g/mol. The topological polar surface area (TPSA) is 101 Å². The molecule has 0 bridgehead atoms. The third-order valence-electron chi connectivity index (χ3n) is 2.39. The maximum atomic E-state index is 11.5. The summed E-state index contributed by atoms with van der Waals surface area (Å²) in [5.74, 6) is -1.54. The quantitative estimate of drug-likeness (QED) is 0.722. The van der Waals surface area contributed by atoms with Crippen molar-refractivity contribution in [1.29, 1.82) is 0 Å². The summed E-state index contributed by atoms with van der Waals surface area (Å²) in [7, 11) is -1.79. The summed E-state index contributed by atoms with van der Waals surface area (Å²) in [6, 6.07) is 0. The van der Waals surface area contributed by atoms with Gasteiger partial charge in [0.1, 0.15) is 0 Å². The lowest BCUT2D eigenvalue weighted by atomic mass is 10.2. The molecule has 0 aliphatic heterocycles. The highest BCUT2D eigenvalue weighted by Gasteiger charge is 2.14. The molecule has 1 aromatic rings. The maximum Gasteiger partial charge on any atom is 0.304 e. The van der Waals surface area contributed by atoms with Crippen LogP contribution in [0.2, 0.25) is 0 Å². The van der Waals surface area contributed by atoms with E-state index in [1.807, 2.05) is 6.92 Å². The van der Waals surface area contributed by atoms with Crippen molar-refractivity contribution in [3.05, 3.63) is 17.5 Å². The number of carboxylic acid groups (broad SMARTS) is 1. The number of hydrogen-bond acceptors (Lipinski definition) is 4. The van der Waals surface area contributed by atoms with E-state index in [0.29, 0.717) is 6.42 Å². The Morgan fingerprint density at radius 3 is 2.78 bits per heavy atom. The molecule has 0 atom stereocenters. The summed E-state index contributed by atoms with van der Waals surface area (Å²) < 4.78 is 27.0. The zero-order valence-corrected chi connectivity index (χ0v) is 11.2. The molecule has 0 radical (unpaired) electrons. The van der Waals surface area contributed by atoms with E-state index < -0.39 is 28.2 Å². The number of carbonyl (C=O) groups is 1. The lowest BCUT2D eigenvalue weighted by Crippen LogP contribution is -2.27. The molecule has 0 aromatic carbocycles. The lowest BCUT2D eigenvalue weighted by Gasteiger charge is -2.04. The Balaban J connectivity index is 2.61. The second-order valence-electron chi connectivity index (χ2n) is 3.91. The Bertz CT molecular complexity index is 521. The predicted octanol–water partition coefficient (Wildman–Crippen LogP) is -0.123. The second kappa shape index (κ2) is 5.96. The molecule has 18 heavy (non-hydrogen) atoms. The largest absolute Gasteiger partial charge is 0.481 e. The molecule has 0 unspecified atom stereocenters. The van der Waals surface area contributed by atoms with E-state index in [1.165, 1.54) is 0 Å². The van der Waals surface area contributed by atoms with Crippen LogP contribution in [-0.2, 0) is 34.8 Å². The zero-order valence-electron chi connectivity index (χ0n) is 10.4. The molecule has 1 rings (SSSR count). The van der Waals surface area contributed by atoms with Crippen LogP contribution in [0, 0.1) is 0 Å². The fourth-order valence-corrected chi connectivity index (χ4v) is 2.47. The van der Waals surface area contributed by atoms with Crippen molar-refractivity contribution in [2.24, 2.45) is 7.05 Å². The number of aliphatic carboxylic acids is 1. The van der Waals surface area contributed by atoms with Gasteiger partial charge in [-0.1, -0.05) is 6.92 Å². The maximum absolute atomic E-state index is 11.5. The van der Waals surface area contributed by atoms with Crippen LogP contribution in [0.5, 0.6) is 0 Å². The van der Waals surface area contributed by atoms with Gasteiger partial charge in [0.2, 0.25) is 10.0 Å². The SMILES string of the molecule is CCc1nn(C)cc1CNS(=O)(=O)CCC(=O)O. The van der Waals surface area contributed by atoms with Crippen molar-refractivity contribution in [3.8, 4) is 0 Å². The van der Waals surface area contributed by atoms with Crippen molar-refractivity contribution < 1.29 is 18.3 Å². The van der Waals surface area contributed by atoms with E-state index in [1.54, 1.807) is 17.9 Å². The molecule has 1 aromatic heterocycles. The van der Waals surface area contributed by atoms with E-state index in [-0.39, 0.29) is 6.54 Å². The summed E-state index contributed by atoms with van der Waals surface area (Å²) in [5.41, 5.74) is 1.64. The van der Waals surface area contributed by atoms with Gasteiger partial charge in [-0.15, -0.1) is 0 Å². The second-order valence-corrected chi connectivity index (χ2v) is 5.84. The minimum atomic E-state index is -3.56. The molecule has 7 nitrogen and oxygen atoms in total. The number of aromatic nitrogens is 2. The van der Waals surface area contributed by atoms with Gasteiger partial charge in [-0.2, -0.15) is 5.10 Å². The molecule has 0 aliphatic carbocycles. The molecule has 0 saturated carbocycles. The summed E-state index contributed by atoms with van der Waals surface area (Å²) in [4.78, 5) is 10.3. The minimum absolute atomic E-state index is 0.138. The van der Waals surface area contributed by atoms with Crippen molar-refractivity contribution in [2.45, 2.75) is 26.3 Å². The minimum Gasteiger partial charge on any atom is -0.481 e. The average Bonchev–Trinajstić information content (AvgIpc) is 2.65. The summed E-state index contributed by atoms with van der Waals surface area (Å²) in [6.07, 6.45) is 2.06. The van der Waals surface area contributed by atoms with E-state index in [4.69, 9.17) is 5.11 Å². The van der Waals surface area contributed by atoms with Gasteiger partial charge in [-0.25, -0.2) is 13.1 Å². The summed E-state index contributed by atoms with van der Waals surface area (Å²) in [6.45, 7) is 2.07. The van der Waals surface area contributed by atoms with Crippen LogP contribution in [0.3, 0.4) is 0 Å². The van der Waals surface area contributed by atoms with Gasteiger partial charge >= 0.3 is 5.97 Å². The molecule has 8 heteroatoms. The Labute approximate surface area is 106 Å². The first kappa shape index (κ1) is 14.7. The number of nitrogens with one attached hydrogen (secondary N) is 1. The lowest BCUT2D eigenvalue weighted by molar-refractivity contribution is -0.136. The average molecular weight is 275 g/mol. The highest BCUT2D eigenvalue weighted by atomic mass is 32.2. The highest BCUT2D eigenvalue weighted by molar-refractivity contribution is 7.89. The van der Waals surface area contributed by atoms with Crippen molar-refractivity contribution in [2.75, 3.05) is 5.75 Å². The van der Waals surface area contributed by atoms with E-state index in [0.717, 1.165) is 11.3 Å². The molecule has 0 saturated heterocycles. The fraction of sp³-hybridized carbons (Fsp3) is 0.600. The molecule has 0 amide bonds. The van der Waals surface area contributed by atoms with Crippen LogP contribution < -0.4 is 4.72 Å². The first-order chi connectivity index (χ1) is 8.34. The first-order valence-electron chi connectivity index (χ1n) is 5.54. The Kier molecular flexibility index (Phi) is 4.85. The van der Waals surface area contributed by atoms with Gasteiger partial charge in [0.25, 0.3) is 0 Å². The van der Waals surface area contributed by atoms with Crippen LogP contribution in [-0.4, -0.2) is 35.0 Å². The molecule has 0 spiro atoms. The number of nitrogens with zero attached hydrogens (tertiary/aromatic N) is 2. The van der Waals surface area contributed by atoms with Crippen molar-refractivity contribution >= 4 is 16.0 Å². The number of rotatable bonds is 7. The molecular formula is C10H17N3O4S. The van der Waals surface area contributed by atoms with Crippen LogP contribution in [0.15, 0.2) is 6.20 Å². The number of hydrogen-bond donors (Lipinski definition) is 2. The Morgan fingerprint density at radius 1 is 1.56 bits per heavy atom. The third-order valence-corrected chi connectivity index (χ3v) is 3.72. The van der Waals surface area contributed by atoms with E-state index in [9.17, 15) is 13.2 Å². The van der Waals surface area contributed by atoms with Crippen molar-refractivity contribution in [1.82, 2.24) is 14.5 Å². The van der Waals surface area contributed by atoms with Crippen LogP contribution in [0.4, 0.5) is 0 Å². The molecule has 0 fully saturated rings. The molecule has 0 aliphatic rings. The fourth-order valence-electron chi connectivity index (χ4n) is 1.51.